The van der Waals surface area contributed by atoms with Gasteiger partial charge in [0.05, 0.1) is 31.1 Å². The number of quaternary nitrogens is 1. The summed E-state index contributed by atoms with van der Waals surface area (Å²) in [5, 5.41) is 2.21. The Morgan fingerprint density at radius 3 is 2.35 bits per heavy atom. The minimum Gasteiger partial charge on any atom is -0.360 e. The van der Waals surface area contributed by atoms with Gasteiger partial charge in [-0.1, -0.05) is 17.7 Å². The second-order valence-corrected chi connectivity index (χ2v) is 6.78. The Balaban J connectivity index is 1.57. The number of hydrogen-bond donors (Lipinski definition) is 1. The summed E-state index contributed by atoms with van der Waals surface area (Å²) in [6, 6.07) is 11.2. The van der Waals surface area contributed by atoms with Gasteiger partial charge in [0.25, 0.3) is 0 Å². The molecule has 1 aliphatic rings. The summed E-state index contributed by atoms with van der Waals surface area (Å²) in [5.74, 6) is 0. The van der Waals surface area contributed by atoms with Gasteiger partial charge in [-0.3, -0.25) is 0 Å². The van der Waals surface area contributed by atoms with E-state index in [4.69, 9.17) is 0 Å². The van der Waals surface area contributed by atoms with Crippen LogP contribution in [0.2, 0.25) is 0 Å². The molecule has 0 spiro atoms. The highest BCUT2D eigenvalue weighted by atomic mass is 32.1. The molecule has 1 aromatic carbocycles. The average Bonchev–Trinajstić information content (AvgIpc) is 2.86. The van der Waals surface area contributed by atoms with E-state index in [2.05, 4.69) is 54.5 Å². The molecule has 2 nitrogen and oxygen atoms in total. The summed E-state index contributed by atoms with van der Waals surface area (Å²) in [6.07, 6.45) is 0. The van der Waals surface area contributed by atoms with Crippen LogP contribution in [0.4, 0.5) is 5.69 Å². The van der Waals surface area contributed by atoms with E-state index in [1.54, 1.807) is 9.78 Å². The largest absolute Gasteiger partial charge is 0.360 e. The van der Waals surface area contributed by atoms with Crippen LogP contribution in [0.5, 0.6) is 0 Å². The minimum atomic E-state index is 1.17. The summed E-state index contributed by atoms with van der Waals surface area (Å²) in [7, 11) is 0. The van der Waals surface area contributed by atoms with E-state index in [9.17, 15) is 0 Å². The van der Waals surface area contributed by atoms with Crippen LogP contribution < -0.4 is 9.80 Å². The fourth-order valence-corrected chi connectivity index (χ4v) is 3.80. The first-order valence-corrected chi connectivity index (χ1v) is 8.28. The summed E-state index contributed by atoms with van der Waals surface area (Å²) in [6.45, 7) is 10.4. The van der Waals surface area contributed by atoms with Gasteiger partial charge in [-0.05, 0) is 43.0 Å². The third-order valence-corrected chi connectivity index (χ3v) is 5.27. The van der Waals surface area contributed by atoms with Crippen molar-refractivity contribution >= 4 is 17.0 Å². The fourth-order valence-electron chi connectivity index (χ4n) is 2.83. The molecule has 1 fully saturated rings. The minimum absolute atomic E-state index is 1.17. The molecule has 106 valence electrons. The zero-order valence-electron chi connectivity index (χ0n) is 12.4. The first-order chi connectivity index (χ1) is 9.72. The molecule has 0 atom stereocenters. The molecule has 1 aliphatic heterocycles. The zero-order chi connectivity index (χ0) is 13.9. The molecule has 2 aromatic rings. The topological polar surface area (TPSA) is 7.68 Å². The number of anilines is 1. The molecule has 0 bridgehead atoms. The molecule has 1 N–H and O–H groups in total. The Bertz CT molecular complexity index is 551. The highest BCUT2D eigenvalue weighted by Gasteiger charge is 2.21. The van der Waals surface area contributed by atoms with E-state index in [1.165, 1.54) is 49.5 Å². The second kappa shape index (κ2) is 5.98. The van der Waals surface area contributed by atoms with Gasteiger partial charge in [-0.25, -0.2) is 0 Å². The van der Waals surface area contributed by atoms with Gasteiger partial charge in [0.2, 0.25) is 0 Å². The van der Waals surface area contributed by atoms with E-state index in [0.717, 1.165) is 0 Å². The molecule has 0 saturated carbocycles. The van der Waals surface area contributed by atoms with Gasteiger partial charge in [0.15, 0.2) is 0 Å². The first kappa shape index (κ1) is 13.7. The molecule has 1 aromatic heterocycles. The van der Waals surface area contributed by atoms with Crippen molar-refractivity contribution in [3.63, 3.8) is 0 Å². The van der Waals surface area contributed by atoms with Crippen molar-refractivity contribution < 1.29 is 4.90 Å². The van der Waals surface area contributed by atoms with Crippen molar-refractivity contribution in [1.82, 2.24) is 0 Å². The van der Waals surface area contributed by atoms with Crippen molar-refractivity contribution in [1.29, 1.82) is 0 Å². The lowest BCUT2D eigenvalue weighted by Gasteiger charge is -2.33. The third kappa shape index (κ3) is 3.05. The van der Waals surface area contributed by atoms with Crippen LogP contribution in [-0.4, -0.2) is 26.2 Å². The second-order valence-electron chi connectivity index (χ2n) is 5.78. The van der Waals surface area contributed by atoms with Gasteiger partial charge in [0, 0.05) is 5.69 Å². The summed E-state index contributed by atoms with van der Waals surface area (Å²) in [4.78, 5) is 5.80. The average molecular weight is 287 g/mol. The van der Waals surface area contributed by atoms with E-state index in [1.807, 2.05) is 11.3 Å². The van der Waals surface area contributed by atoms with Crippen LogP contribution in [0, 0.1) is 13.8 Å². The number of thiophene rings is 1. The van der Waals surface area contributed by atoms with Gasteiger partial charge in [0.1, 0.15) is 6.54 Å². The highest BCUT2D eigenvalue weighted by Crippen LogP contribution is 2.16. The quantitative estimate of drug-likeness (QED) is 0.910. The summed E-state index contributed by atoms with van der Waals surface area (Å²) < 4.78 is 0. The van der Waals surface area contributed by atoms with Crippen LogP contribution in [0.3, 0.4) is 0 Å². The van der Waals surface area contributed by atoms with Crippen LogP contribution >= 0.6 is 11.3 Å². The molecule has 3 heteroatoms. The Kier molecular flexibility index (Phi) is 4.08. The molecule has 3 rings (SSSR count). The number of aryl methyl sites for hydroxylation is 2. The van der Waals surface area contributed by atoms with Crippen LogP contribution in [0.1, 0.15) is 16.0 Å². The molecular weight excluding hydrogens is 264 g/mol. The summed E-state index contributed by atoms with van der Waals surface area (Å²) >= 11 is 1.91. The van der Waals surface area contributed by atoms with Gasteiger partial charge < -0.3 is 9.80 Å². The van der Waals surface area contributed by atoms with E-state index >= 15 is 0 Å². The molecule has 0 radical (unpaired) electrons. The van der Waals surface area contributed by atoms with Gasteiger partial charge >= 0.3 is 0 Å². The lowest BCUT2D eigenvalue weighted by atomic mass is 10.2. The SMILES string of the molecule is Cc1ccc(N2CC[NH+](Cc3sccc3C)CC2)cc1. The Morgan fingerprint density at radius 1 is 1.05 bits per heavy atom. The molecule has 0 aliphatic carbocycles. The number of rotatable bonds is 3. The standard InChI is InChI=1S/C17H22N2S/c1-14-3-5-16(6-4-14)19-10-8-18(9-11-19)13-17-15(2)7-12-20-17/h3-7,12H,8-11,13H2,1-2H3/p+1. The lowest BCUT2D eigenvalue weighted by molar-refractivity contribution is -0.914. The van der Waals surface area contributed by atoms with Crippen LogP contribution in [0.15, 0.2) is 35.7 Å². The molecule has 0 unspecified atom stereocenters. The van der Waals surface area contributed by atoms with E-state index < -0.39 is 0 Å². The Labute approximate surface area is 125 Å². The number of benzene rings is 1. The maximum absolute atomic E-state index is 2.52. The number of hydrogen-bond acceptors (Lipinski definition) is 2. The molecular formula is C17H23N2S+. The Morgan fingerprint density at radius 2 is 1.75 bits per heavy atom. The summed E-state index contributed by atoms with van der Waals surface area (Å²) in [5.41, 5.74) is 4.18. The van der Waals surface area contributed by atoms with Gasteiger partial charge in [-0.15, -0.1) is 11.3 Å². The van der Waals surface area contributed by atoms with Crippen LogP contribution in [0.25, 0.3) is 0 Å². The third-order valence-electron chi connectivity index (χ3n) is 4.25. The van der Waals surface area contributed by atoms with Crippen molar-refractivity contribution in [3.8, 4) is 0 Å². The van der Waals surface area contributed by atoms with Crippen LogP contribution in [-0.2, 0) is 6.54 Å². The molecule has 1 saturated heterocycles. The number of piperazine rings is 1. The fraction of sp³-hybridized carbons (Fsp3) is 0.412. The monoisotopic (exact) mass is 287 g/mol. The highest BCUT2D eigenvalue weighted by molar-refractivity contribution is 7.10. The molecule has 0 amide bonds. The normalized spacial score (nSPS) is 16.6. The lowest BCUT2D eigenvalue weighted by Crippen LogP contribution is -3.13. The smallest absolute Gasteiger partial charge is 0.112 e. The Hall–Kier alpha value is -1.32. The maximum Gasteiger partial charge on any atom is 0.112 e. The predicted molar refractivity (Wildman–Crippen MR) is 86.8 cm³/mol. The molecule has 20 heavy (non-hydrogen) atoms. The van der Waals surface area contributed by atoms with E-state index in [0.29, 0.717) is 0 Å². The van der Waals surface area contributed by atoms with Crippen molar-refractivity contribution in [3.05, 3.63) is 51.7 Å². The first-order valence-electron chi connectivity index (χ1n) is 7.40. The van der Waals surface area contributed by atoms with Gasteiger partial charge in [-0.2, -0.15) is 0 Å². The predicted octanol–water partition coefficient (Wildman–Crippen LogP) is 2.27. The number of nitrogens with one attached hydrogen (secondary N) is 1. The van der Waals surface area contributed by atoms with Crippen molar-refractivity contribution in [2.45, 2.75) is 20.4 Å². The maximum atomic E-state index is 2.52. The molecule has 2 heterocycles. The van der Waals surface area contributed by atoms with Crippen molar-refractivity contribution in [2.75, 3.05) is 31.1 Å². The van der Waals surface area contributed by atoms with E-state index in [-0.39, 0.29) is 0 Å². The zero-order valence-corrected chi connectivity index (χ0v) is 13.2. The number of nitrogens with zero attached hydrogens (tertiary/aromatic N) is 1. The van der Waals surface area contributed by atoms with Crippen molar-refractivity contribution in [2.24, 2.45) is 0 Å².